The normalized spacial score (nSPS) is 11.0. The van der Waals surface area contributed by atoms with E-state index in [2.05, 4.69) is 4.74 Å². The number of ether oxygens (including phenoxy) is 1. The minimum atomic E-state index is -1.56. The Bertz CT molecular complexity index is 930. The van der Waals surface area contributed by atoms with Gasteiger partial charge in [0.05, 0.1) is 19.8 Å². The maximum Gasteiger partial charge on any atom is 0.511 e. The Balaban J connectivity index is 2.25. The van der Waals surface area contributed by atoms with Crippen molar-refractivity contribution in [3.05, 3.63) is 79.4 Å². The largest absolute Gasteiger partial charge is 0.511 e. The second-order valence-corrected chi connectivity index (χ2v) is 6.17. The lowest BCUT2D eigenvalue weighted by Crippen LogP contribution is -2.06. The molecule has 0 atom stereocenters. The Hall–Kier alpha value is -3.60. The van der Waals surface area contributed by atoms with E-state index in [0.29, 0.717) is 4.90 Å². The van der Waals surface area contributed by atoms with Gasteiger partial charge in [-0.3, -0.25) is 20.2 Å². The number of thioether (sulfide) groups is 1. The molecule has 0 saturated carbocycles. The Labute approximate surface area is 156 Å². The van der Waals surface area contributed by atoms with Crippen LogP contribution in [0.4, 0.5) is 16.2 Å². The second-order valence-electron chi connectivity index (χ2n) is 5.05. The van der Waals surface area contributed by atoms with E-state index >= 15 is 0 Å². The maximum atomic E-state index is 11.0. The van der Waals surface area contributed by atoms with Crippen molar-refractivity contribution in [1.82, 2.24) is 0 Å². The number of allylic oxidation sites excluding steroid dienone is 1. The van der Waals surface area contributed by atoms with Gasteiger partial charge < -0.3 is 15.6 Å². The summed E-state index contributed by atoms with van der Waals surface area (Å²) in [7, 11) is 0. The lowest BCUT2D eigenvalue weighted by atomic mass is 10.1. The third kappa shape index (κ3) is 5.44. The summed E-state index contributed by atoms with van der Waals surface area (Å²) >= 11 is 0.954. The standard InChI is InChI=1S/C16H13N3O7S/c17-15(27-14-4-2-1-3-12(14)19(24)25)8-5-10-9-11(18(22)23)6-7-13(10)26-16(20)21/h1-4,6-9H,5,17H2,(H,20,21). The number of rotatable bonds is 7. The highest BCUT2D eigenvalue weighted by molar-refractivity contribution is 8.03. The summed E-state index contributed by atoms with van der Waals surface area (Å²) in [5.74, 6) is -0.0622. The van der Waals surface area contributed by atoms with Crippen LogP contribution in [0.15, 0.2) is 58.5 Å². The summed E-state index contributed by atoms with van der Waals surface area (Å²) in [4.78, 5) is 31.9. The number of nitro groups is 2. The smallest absolute Gasteiger partial charge is 0.449 e. The Morgan fingerprint density at radius 3 is 2.52 bits per heavy atom. The molecule has 0 spiro atoms. The number of hydrogen-bond donors (Lipinski definition) is 2. The molecule has 0 aromatic heterocycles. The molecule has 0 aliphatic heterocycles. The molecule has 0 aliphatic rings. The van der Waals surface area contributed by atoms with Gasteiger partial charge in [-0.2, -0.15) is 0 Å². The number of carboxylic acid groups (broad SMARTS) is 1. The fourth-order valence-corrected chi connectivity index (χ4v) is 2.92. The van der Waals surface area contributed by atoms with Crippen molar-refractivity contribution in [3.63, 3.8) is 0 Å². The van der Waals surface area contributed by atoms with Crippen LogP contribution in [0.5, 0.6) is 5.75 Å². The first kappa shape index (κ1) is 19.7. The van der Waals surface area contributed by atoms with Crippen LogP contribution in [-0.4, -0.2) is 21.1 Å². The summed E-state index contributed by atoms with van der Waals surface area (Å²) in [5, 5.41) is 30.9. The monoisotopic (exact) mass is 391 g/mol. The van der Waals surface area contributed by atoms with Crippen LogP contribution in [-0.2, 0) is 6.42 Å². The topological polar surface area (TPSA) is 159 Å². The van der Waals surface area contributed by atoms with Gasteiger partial charge in [0.25, 0.3) is 11.4 Å². The quantitative estimate of drug-likeness (QED) is 0.236. The Morgan fingerprint density at radius 1 is 1.19 bits per heavy atom. The zero-order valence-corrected chi connectivity index (χ0v) is 14.4. The van der Waals surface area contributed by atoms with Crippen molar-refractivity contribution >= 4 is 29.3 Å². The van der Waals surface area contributed by atoms with E-state index in [1.165, 1.54) is 36.4 Å². The van der Waals surface area contributed by atoms with Gasteiger partial charge in [-0.15, -0.1) is 0 Å². The average molecular weight is 391 g/mol. The molecule has 3 N–H and O–H groups in total. The number of para-hydroxylation sites is 1. The summed E-state index contributed by atoms with van der Waals surface area (Å²) in [6.45, 7) is 0. The van der Waals surface area contributed by atoms with Gasteiger partial charge in [0, 0.05) is 23.8 Å². The van der Waals surface area contributed by atoms with E-state index in [-0.39, 0.29) is 34.1 Å². The first-order valence-electron chi connectivity index (χ1n) is 7.33. The molecule has 0 fully saturated rings. The molecule has 0 radical (unpaired) electrons. The van der Waals surface area contributed by atoms with E-state index in [4.69, 9.17) is 10.8 Å². The number of nitrogens with two attached hydrogens (primary N) is 1. The number of carbonyl (C=O) groups is 1. The molecule has 2 aromatic rings. The highest BCUT2D eigenvalue weighted by Crippen LogP contribution is 2.32. The van der Waals surface area contributed by atoms with Crippen LogP contribution in [0.25, 0.3) is 0 Å². The lowest BCUT2D eigenvalue weighted by Gasteiger charge is -2.07. The summed E-state index contributed by atoms with van der Waals surface area (Å²) in [6, 6.07) is 9.52. The molecule has 0 amide bonds. The van der Waals surface area contributed by atoms with Crippen molar-refractivity contribution in [2.24, 2.45) is 5.73 Å². The van der Waals surface area contributed by atoms with Gasteiger partial charge in [-0.25, -0.2) is 4.79 Å². The predicted octanol–water partition coefficient (Wildman–Crippen LogP) is 3.69. The molecule has 0 aliphatic carbocycles. The van der Waals surface area contributed by atoms with Gasteiger partial charge >= 0.3 is 6.16 Å². The van der Waals surface area contributed by atoms with Crippen molar-refractivity contribution < 1.29 is 24.5 Å². The number of non-ortho nitro benzene ring substituents is 1. The molecule has 0 unspecified atom stereocenters. The van der Waals surface area contributed by atoms with Gasteiger partial charge in [0.2, 0.25) is 0 Å². The number of nitro benzene ring substituents is 2. The van der Waals surface area contributed by atoms with Gasteiger partial charge in [0.1, 0.15) is 5.75 Å². The third-order valence-electron chi connectivity index (χ3n) is 3.27. The lowest BCUT2D eigenvalue weighted by molar-refractivity contribution is -0.387. The zero-order valence-electron chi connectivity index (χ0n) is 13.6. The van der Waals surface area contributed by atoms with Crippen LogP contribution in [0.3, 0.4) is 0 Å². The number of hydrogen-bond acceptors (Lipinski definition) is 8. The zero-order chi connectivity index (χ0) is 20.0. The third-order valence-corrected chi connectivity index (χ3v) is 4.23. The van der Waals surface area contributed by atoms with Crippen molar-refractivity contribution in [2.75, 3.05) is 0 Å². The average Bonchev–Trinajstić information content (AvgIpc) is 2.60. The number of nitrogens with zero attached hydrogens (tertiary/aromatic N) is 2. The molecule has 27 heavy (non-hydrogen) atoms. The Morgan fingerprint density at radius 2 is 1.89 bits per heavy atom. The minimum Gasteiger partial charge on any atom is -0.449 e. The fourth-order valence-electron chi connectivity index (χ4n) is 2.11. The first-order chi connectivity index (χ1) is 12.8. The van der Waals surface area contributed by atoms with Crippen molar-refractivity contribution in [1.29, 1.82) is 0 Å². The molecule has 10 nitrogen and oxygen atoms in total. The van der Waals surface area contributed by atoms with E-state index < -0.39 is 16.0 Å². The maximum absolute atomic E-state index is 11.0. The highest BCUT2D eigenvalue weighted by Gasteiger charge is 2.15. The second kappa shape index (κ2) is 8.67. The summed E-state index contributed by atoms with van der Waals surface area (Å²) in [5.41, 5.74) is 5.77. The Kier molecular flexibility index (Phi) is 6.33. The van der Waals surface area contributed by atoms with Crippen LogP contribution in [0.1, 0.15) is 5.56 Å². The molecule has 140 valence electrons. The minimum absolute atomic E-state index is 0.0315. The molecule has 2 aromatic carbocycles. The van der Waals surface area contributed by atoms with Gasteiger partial charge in [-0.05, 0) is 24.6 Å². The summed E-state index contributed by atoms with van der Waals surface area (Å²) in [6.07, 6.45) is -0.0600. The molecular weight excluding hydrogens is 378 g/mol. The van der Waals surface area contributed by atoms with Gasteiger partial charge in [-0.1, -0.05) is 23.9 Å². The van der Waals surface area contributed by atoms with E-state index in [0.717, 1.165) is 17.8 Å². The van der Waals surface area contributed by atoms with Crippen LogP contribution in [0, 0.1) is 20.2 Å². The first-order valence-corrected chi connectivity index (χ1v) is 8.14. The van der Waals surface area contributed by atoms with Crippen LogP contribution >= 0.6 is 11.8 Å². The van der Waals surface area contributed by atoms with E-state index in [1.807, 2.05) is 0 Å². The molecule has 11 heteroatoms. The molecule has 0 saturated heterocycles. The SMILES string of the molecule is NC(=CCc1cc([N+](=O)[O-])ccc1OC(=O)O)Sc1ccccc1[N+](=O)[O-]. The van der Waals surface area contributed by atoms with Crippen LogP contribution in [0.2, 0.25) is 0 Å². The molecule has 0 bridgehead atoms. The van der Waals surface area contributed by atoms with E-state index in [1.54, 1.807) is 6.07 Å². The molecule has 0 heterocycles. The van der Waals surface area contributed by atoms with Crippen LogP contribution < -0.4 is 10.5 Å². The number of benzene rings is 2. The van der Waals surface area contributed by atoms with Gasteiger partial charge in [0.15, 0.2) is 0 Å². The highest BCUT2D eigenvalue weighted by atomic mass is 32.2. The van der Waals surface area contributed by atoms with Crippen molar-refractivity contribution in [2.45, 2.75) is 11.3 Å². The molecular formula is C16H13N3O7S. The van der Waals surface area contributed by atoms with Crippen molar-refractivity contribution in [3.8, 4) is 5.75 Å². The summed E-state index contributed by atoms with van der Waals surface area (Å²) < 4.78 is 4.61. The van der Waals surface area contributed by atoms with E-state index in [9.17, 15) is 25.0 Å². The predicted molar refractivity (Wildman–Crippen MR) is 96.7 cm³/mol. The molecule has 2 rings (SSSR count). The fraction of sp³-hybridized carbons (Fsp3) is 0.0625.